The van der Waals surface area contributed by atoms with Gasteiger partial charge in [0.2, 0.25) is 11.5 Å². The number of aromatic nitrogens is 5. The lowest BCUT2D eigenvalue weighted by atomic mass is 9.98. The van der Waals surface area contributed by atoms with E-state index in [0.717, 1.165) is 16.9 Å². The molecule has 0 aliphatic carbocycles. The molecule has 4 heterocycles. The monoisotopic (exact) mass is 670 g/mol. The van der Waals surface area contributed by atoms with Gasteiger partial charge in [-0.3, -0.25) is 14.9 Å². The van der Waals surface area contributed by atoms with E-state index in [-0.39, 0.29) is 23.1 Å². The smallest absolute Gasteiger partial charge is 0.413 e. The van der Waals surface area contributed by atoms with Crippen molar-refractivity contribution in [2.75, 3.05) is 5.32 Å². The maximum Gasteiger partial charge on any atom is 0.413 e. The maximum atomic E-state index is 13.6. The molecule has 17 heteroatoms. The second kappa shape index (κ2) is 13.4. The number of β-lactam (4-membered cyclic amide) rings is 1. The number of hydrogen-bond acceptors (Lipinski definition) is 12. The molecular weight excluding hydrogens is 630 g/mol. The van der Waals surface area contributed by atoms with Gasteiger partial charge in [0, 0.05) is 23.1 Å². The van der Waals surface area contributed by atoms with E-state index in [0.29, 0.717) is 5.69 Å². The minimum Gasteiger partial charge on any atom is -0.457 e. The molecule has 0 bridgehead atoms. The summed E-state index contributed by atoms with van der Waals surface area (Å²) >= 11 is 1.01. The molecule has 3 amide bonds. The standard InChI is InChI=1S/C30H39N9O7S/c1-28(2,3)44-25(42)30(7,8)46-36-22(20-16-47-26(32-20)34-27(43)45-29(4,5)6)24(41)33-21-19(31-23(21)40)15-39-14-18(35-37-39)17-10-12-38(9)13-11-17/h10-14,16,19,21H,15H2,1-9H3,(H2-,31,32,33,34,40,41,43)/p+1/t19-,21+/m1/s1. The summed E-state index contributed by atoms with van der Waals surface area (Å²) in [6, 6.07) is 2.34. The average molecular weight is 671 g/mol. The van der Waals surface area contributed by atoms with Gasteiger partial charge in [0.05, 0.1) is 18.8 Å². The summed E-state index contributed by atoms with van der Waals surface area (Å²) in [5, 5.41) is 21.9. The summed E-state index contributed by atoms with van der Waals surface area (Å²) in [6.07, 6.45) is 4.78. The molecule has 0 spiro atoms. The van der Waals surface area contributed by atoms with Crippen LogP contribution in [0.1, 0.15) is 61.1 Å². The number of hydrogen-bond donors (Lipinski definition) is 3. The Labute approximate surface area is 275 Å². The van der Waals surface area contributed by atoms with Gasteiger partial charge in [-0.05, 0) is 55.4 Å². The number of ether oxygens (including phenoxy) is 2. The largest absolute Gasteiger partial charge is 0.457 e. The summed E-state index contributed by atoms with van der Waals surface area (Å²) in [6.45, 7) is 13.4. The fourth-order valence-corrected chi connectivity index (χ4v) is 4.68. The number of aryl methyl sites for hydroxylation is 1. The second-order valence-corrected chi connectivity index (χ2v) is 14.2. The Balaban J connectivity index is 1.52. The number of amides is 3. The van der Waals surface area contributed by atoms with Crippen molar-refractivity contribution in [3.63, 3.8) is 0 Å². The molecule has 0 unspecified atom stereocenters. The van der Waals surface area contributed by atoms with Gasteiger partial charge in [-0.15, -0.1) is 16.4 Å². The van der Waals surface area contributed by atoms with Gasteiger partial charge in [-0.2, -0.15) is 0 Å². The number of esters is 1. The lowest BCUT2D eigenvalue weighted by Crippen LogP contribution is -2.70. The van der Waals surface area contributed by atoms with Crippen molar-refractivity contribution in [3.05, 3.63) is 41.8 Å². The molecule has 252 valence electrons. The molecular formula is C30H40N9O7S+. The molecule has 47 heavy (non-hydrogen) atoms. The van der Waals surface area contributed by atoms with E-state index in [9.17, 15) is 19.2 Å². The van der Waals surface area contributed by atoms with Crippen LogP contribution in [0, 0.1) is 0 Å². The fraction of sp³-hybridized carbons (Fsp3) is 0.500. The van der Waals surface area contributed by atoms with E-state index in [1.54, 1.807) is 52.4 Å². The number of oxime groups is 1. The normalized spacial score (nSPS) is 16.9. The van der Waals surface area contributed by atoms with Crippen molar-refractivity contribution in [1.29, 1.82) is 0 Å². The van der Waals surface area contributed by atoms with E-state index in [4.69, 9.17) is 14.3 Å². The third kappa shape index (κ3) is 9.54. The molecule has 1 saturated heterocycles. The van der Waals surface area contributed by atoms with Crippen LogP contribution in [0.3, 0.4) is 0 Å². The Bertz CT molecular complexity index is 1670. The molecule has 4 rings (SSSR count). The van der Waals surface area contributed by atoms with Gasteiger partial charge in [-0.1, -0.05) is 10.4 Å². The zero-order valence-electron chi connectivity index (χ0n) is 27.8. The summed E-state index contributed by atoms with van der Waals surface area (Å²) < 4.78 is 14.2. The lowest BCUT2D eigenvalue weighted by molar-refractivity contribution is -0.671. The first-order chi connectivity index (χ1) is 21.8. The first-order valence-corrected chi connectivity index (χ1v) is 15.6. The van der Waals surface area contributed by atoms with Crippen LogP contribution in [0.2, 0.25) is 0 Å². The predicted octanol–water partition coefficient (Wildman–Crippen LogP) is 2.10. The van der Waals surface area contributed by atoms with Crippen LogP contribution >= 0.6 is 11.3 Å². The molecule has 1 aliphatic heterocycles. The summed E-state index contributed by atoms with van der Waals surface area (Å²) in [5.41, 5.74) is -1.93. The number of pyridine rings is 1. The molecule has 3 aromatic rings. The van der Waals surface area contributed by atoms with Crippen molar-refractivity contribution < 1.29 is 38.1 Å². The second-order valence-electron chi connectivity index (χ2n) is 13.4. The van der Waals surface area contributed by atoms with Crippen molar-refractivity contribution in [1.82, 2.24) is 30.6 Å². The average Bonchev–Trinajstić information content (AvgIpc) is 3.60. The Morgan fingerprint density at radius 3 is 2.34 bits per heavy atom. The number of carbonyl (C=O) groups excluding carboxylic acids is 4. The van der Waals surface area contributed by atoms with E-state index in [1.165, 1.54) is 19.2 Å². The molecule has 0 radical (unpaired) electrons. The molecule has 3 N–H and O–H groups in total. The number of rotatable bonds is 10. The zero-order valence-corrected chi connectivity index (χ0v) is 28.6. The molecule has 0 saturated carbocycles. The third-order valence-electron chi connectivity index (χ3n) is 6.32. The predicted molar refractivity (Wildman–Crippen MR) is 170 cm³/mol. The summed E-state index contributed by atoms with van der Waals surface area (Å²) in [7, 11) is 1.91. The van der Waals surface area contributed by atoms with Crippen LogP contribution in [0.5, 0.6) is 0 Å². The van der Waals surface area contributed by atoms with Crippen molar-refractivity contribution in [2.45, 2.75) is 90.8 Å². The highest BCUT2D eigenvalue weighted by Gasteiger charge is 2.42. The Morgan fingerprint density at radius 2 is 1.72 bits per heavy atom. The number of nitrogens with zero attached hydrogens (tertiary/aromatic N) is 6. The van der Waals surface area contributed by atoms with Gasteiger partial charge < -0.3 is 24.9 Å². The number of nitrogens with one attached hydrogen (secondary N) is 3. The lowest BCUT2D eigenvalue weighted by Gasteiger charge is -2.36. The van der Waals surface area contributed by atoms with Crippen LogP contribution in [-0.2, 0) is 42.3 Å². The van der Waals surface area contributed by atoms with Gasteiger partial charge in [0.15, 0.2) is 23.2 Å². The van der Waals surface area contributed by atoms with Gasteiger partial charge in [-0.25, -0.2) is 23.8 Å². The third-order valence-corrected chi connectivity index (χ3v) is 7.08. The van der Waals surface area contributed by atoms with Crippen molar-refractivity contribution in [2.24, 2.45) is 12.2 Å². The van der Waals surface area contributed by atoms with Crippen molar-refractivity contribution in [3.8, 4) is 11.3 Å². The molecule has 1 aliphatic rings. The summed E-state index contributed by atoms with van der Waals surface area (Å²) in [4.78, 5) is 61.1. The van der Waals surface area contributed by atoms with Crippen LogP contribution in [-0.4, -0.2) is 78.5 Å². The molecule has 1 fully saturated rings. The van der Waals surface area contributed by atoms with E-state index >= 15 is 0 Å². The van der Waals surface area contributed by atoms with Crippen molar-refractivity contribution >= 4 is 46.1 Å². The van der Waals surface area contributed by atoms with Crippen LogP contribution in [0.4, 0.5) is 9.93 Å². The molecule has 0 aromatic carbocycles. The highest BCUT2D eigenvalue weighted by atomic mass is 32.1. The van der Waals surface area contributed by atoms with Gasteiger partial charge >= 0.3 is 12.1 Å². The summed E-state index contributed by atoms with van der Waals surface area (Å²) in [5.74, 6) is -1.94. The first-order valence-electron chi connectivity index (χ1n) is 14.7. The topological polar surface area (TPSA) is 192 Å². The molecule has 2 atom stereocenters. The molecule has 3 aromatic heterocycles. The minimum atomic E-state index is -1.59. The van der Waals surface area contributed by atoms with Crippen LogP contribution in [0.15, 0.2) is 41.3 Å². The quantitative estimate of drug-likeness (QED) is 0.0946. The first kappa shape index (κ1) is 34.9. The Hall–Kier alpha value is -4.93. The molecule has 16 nitrogen and oxygen atoms in total. The van der Waals surface area contributed by atoms with Crippen LogP contribution < -0.4 is 20.5 Å². The van der Waals surface area contributed by atoms with E-state index < -0.39 is 52.8 Å². The van der Waals surface area contributed by atoms with E-state index in [2.05, 4.69) is 36.4 Å². The zero-order chi connectivity index (χ0) is 34.7. The Morgan fingerprint density at radius 1 is 1.06 bits per heavy atom. The maximum absolute atomic E-state index is 13.6. The Kier molecular flexibility index (Phi) is 9.98. The minimum absolute atomic E-state index is 0.0204. The highest BCUT2D eigenvalue weighted by molar-refractivity contribution is 7.14. The highest BCUT2D eigenvalue weighted by Crippen LogP contribution is 2.22. The SMILES string of the molecule is C[n+]1ccc(-c2cn(C[C@H]3NC(=O)[C@H]3NC(=O)C(=NOC(C)(C)C(=O)OC(C)(C)C)c3csc(NC(=O)OC(C)(C)C)n3)nn2)cc1. The fourth-order valence-electron chi connectivity index (χ4n) is 4.00. The van der Waals surface area contributed by atoms with Crippen LogP contribution in [0.25, 0.3) is 11.3 Å². The van der Waals surface area contributed by atoms with E-state index in [1.807, 2.05) is 36.1 Å². The van der Waals surface area contributed by atoms with Gasteiger partial charge in [0.25, 0.3) is 5.91 Å². The number of anilines is 1. The number of carbonyl (C=O) groups is 4. The number of thiazole rings is 1. The van der Waals surface area contributed by atoms with Gasteiger partial charge in [0.1, 0.15) is 35.7 Å².